The van der Waals surface area contributed by atoms with Gasteiger partial charge in [0.15, 0.2) is 0 Å². The van der Waals surface area contributed by atoms with Crippen molar-refractivity contribution in [1.82, 2.24) is 5.32 Å². The summed E-state index contributed by atoms with van der Waals surface area (Å²) in [4.78, 5) is 11.4. The average molecular weight is 327 g/mol. The highest BCUT2D eigenvalue weighted by atomic mass is 35.5. The van der Waals surface area contributed by atoms with Crippen molar-refractivity contribution < 1.29 is 22.7 Å². The number of hydrogen-bond donors (Lipinski definition) is 2. The van der Waals surface area contributed by atoms with Gasteiger partial charge in [-0.05, 0) is 24.6 Å². The predicted octanol–water partition coefficient (Wildman–Crippen LogP) is 2.49. The molecule has 1 aromatic carbocycles. The van der Waals surface area contributed by atoms with Crippen LogP contribution in [0.5, 0.6) is 5.75 Å². The lowest BCUT2D eigenvalue weighted by Crippen LogP contribution is -2.30. The molecule has 0 aliphatic rings. The molecule has 21 heavy (non-hydrogen) atoms. The highest BCUT2D eigenvalue weighted by Gasteiger charge is 2.33. The Hall–Kier alpha value is -1.47. The molecule has 0 heterocycles. The zero-order chi connectivity index (χ0) is 15.3. The van der Waals surface area contributed by atoms with E-state index >= 15 is 0 Å². The molecule has 1 rings (SSSR count). The molecule has 0 saturated heterocycles. The van der Waals surface area contributed by atoms with E-state index in [9.17, 15) is 18.0 Å². The first kappa shape index (κ1) is 19.5. The number of halogens is 4. The Morgan fingerprint density at radius 1 is 1.43 bits per heavy atom. The summed E-state index contributed by atoms with van der Waals surface area (Å²) in [6.07, 6.45) is -4.44. The summed E-state index contributed by atoms with van der Waals surface area (Å²) < 4.78 is 43.5. The third kappa shape index (κ3) is 6.22. The Morgan fingerprint density at radius 2 is 2.05 bits per heavy atom. The van der Waals surface area contributed by atoms with Gasteiger partial charge in [-0.25, -0.2) is 0 Å². The van der Waals surface area contributed by atoms with Crippen LogP contribution in [0.3, 0.4) is 0 Å². The van der Waals surface area contributed by atoms with E-state index in [0.29, 0.717) is 0 Å². The fraction of sp³-hybridized carbons (Fsp3) is 0.462. The predicted molar refractivity (Wildman–Crippen MR) is 75.4 cm³/mol. The number of amides is 1. The third-order valence-corrected chi connectivity index (χ3v) is 2.61. The van der Waals surface area contributed by atoms with Crippen molar-refractivity contribution in [2.75, 3.05) is 7.11 Å². The topological polar surface area (TPSA) is 64.3 Å². The number of alkyl halides is 3. The summed E-state index contributed by atoms with van der Waals surface area (Å²) in [5.41, 5.74) is 4.60. The lowest BCUT2D eigenvalue weighted by molar-refractivity contribution is -0.138. The number of methoxy groups -OCH3 is 1. The van der Waals surface area contributed by atoms with E-state index < -0.39 is 11.7 Å². The van der Waals surface area contributed by atoms with E-state index in [-0.39, 0.29) is 48.6 Å². The average Bonchev–Trinajstić information content (AvgIpc) is 2.34. The fourth-order valence-corrected chi connectivity index (χ4v) is 1.66. The maximum Gasteiger partial charge on any atom is 0.416 e. The molecule has 0 saturated carbocycles. The molecule has 0 radical (unpaired) electrons. The van der Waals surface area contributed by atoms with Crippen LogP contribution in [0.25, 0.3) is 0 Å². The Morgan fingerprint density at radius 3 is 2.52 bits per heavy atom. The Kier molecular flexibility index (Phi) is 7.52. The molecule has 1 amide bonds. The first-order chi connectivity index (χ1) is 9.24. The van der Waals surface area contributed by atoms with Gasteiger partial charge in [-0.15, -0.1) is 12.4 Å². The molecule has 0 aromatic heterocycles. The van der Waals surface area contributed by atoms with Crippen molar-refractivity contribution in [3.63, 3.8) is 0 Å². The number of nitrogens with two attached hydrogens (primary N) is 1. The summed E-state index contributed by atoms with van der Waals surface area (Å²) in [6, 6.07) is 3.27. The number of rotatable bonds is 5. The van der Waals surface area contributed by atoms with Crippen molar-refractivity contribution >= 4 is 18.3 Å². The number of carbonyl (C=O) groups excluding carboxylic acids is 1. The first-order valence-electron chi connectivity index (χ1n) is 6.00. The lowest BCUT2D eigenvalue weighted by atomic mass is 10.1. The Bertz CT molecular complexity index is 479. The first-order valence-corrected chi connectivity index (χ1v) is 6.00. The van der Waals surface area contributed by atoms with E-state index in [1.165, 1.54) is 19.2 Å². The normalized spacial score (nSPS) is 12.3. The molecule has 1 unspecified atom stereocenters. The maximum absolute atomic E-state index is 12.9. The van der Waals surface area contributed by atoms with E-state index in [1.807, 2.05) is 0 Å². The SMILES string of the molecule is COc1ccc(CNC(=O)CC(C)N)c(C(F)(F)F)c1.Cl. The number of carbonyl (C=O) groups is 1. The smallest absolute Gasteiger partial charge is 0.416 e. The van der Waals surface area contributed by atoms with Gasteiger partial charge in [0, 0.05) is 19.0 Å². The molecular weight excluding hydrogens is 309 g/mol. The van der Waals surface area contributed by atoms with Gasteiger partial charge in [0.2, 0.25) is 5.91 Å². The van der Waals surface area contributed by atoms with Gasteiger partial charge >= 0.3 is 6.18 Å². The summed E-state index contributed by atoms with van der Waals surface area (Å²) in [5, 5.41) is 2.42. The summed E-state index contributed by atoms with van der Waals surface area (Å²) >= 11 is 0. The lowest BCUT2D eigenvalue weighted by Gasteiger charge is -2.15. The molecule has 0 bridgehead atoms. The molecular formula is C13H18ClF3N2O2. The molecule has 0 aliphatic carbocycles. The van der Waals surface area contributed by atoms with Crippen LogP contribution in [-0.2, 0) is 17.5 Å². The van der Waals surface area contributed by atoms with Gasteiger partial charge in [-0.3, -0.25) is 4.79 Å². The van der Waals surface area contributed by atoms with E-state index in [1.54, 1.807) is 6.92 Å². The number of ether oxygens (including phenoxy) is 1. The highest BCUT2D eigenvalue weighted by molar-refractivity contribution is 5.85. The molecule has 1 aromatic rings. The van der Waals surface area contributed by atoms with Crippen LogP contribution in [0.1, 0.15) is 24.5 Å². The van der Waals surface area contributed by atoms with Crippen molar-refractivity contribution in [3.05, 3.63) is 29.3 Å². The van der Waals surface area contributed by atoms with Crippen LogP contribution in [0.15, 0.2) is 18.2 Å². The second kappa shape index (κ2) is 8.09. The van der Waals surface area contributed by atoms with Gasteiger partial charge in [0.05, 0.1) is 12.7 Å². The van der Waals surface area contributed by atoms with E-state index in [0.717, 1.165) is 6.07 Å². The van der Waals surface area contributed by atoms with Crippen LogP contribution in [0, 0.1) is 0 Å². The third-order valence-electron chi connectivity index (χ3n) is 2.61. The van der Waals surface area contributed by atoms with Crippen molar-refractivity contribution in [2.24, 2.45) is 5.73 Å². The van der Waals surface area contributed by atoms with Crippen LogP contribution in [-0.4, -0.2) is 19.1 Å². The second-order valence-electron chi connectivity index (χ2n) is 4.48. The van der Waals surface area contributed by atoms with Crippen LogP contribution >= 0.6 is 12.4 Å². The van der Waals surface area contributed by atoms with Crippen LogP contribution < -0.4 is 15.8 Å². The molecule has 8 heteroatoms. The number of hydrogen-bond acceptors (Lipinski definition) is 3. The number of benzene rings is 1. The second-order valence-corrected chi connectivity index (χ2v) is 4.48. The fourth-order valence-electron chi connectivity index (χ4n) is 1.66. The largest absolute Gasteiger partial charge is 0.497 e. The van der Waals surface area contributed by atoms with Crippen LogP contribution in [0.4, 0.5) is 13.2 Å². The van der Waals surface area contributed by atoms with Gasteiger partial charge in [0.25, 0.3) is 0 Å². The van der Waals surface area contributed by atoms with E-state index in [2.05, 4.69) is 5.32 Å². The molecule has 0 spiro atoms. The maximum atomic E-state index is 12.9. The monoisotopic (exact) mass is 326 g/mol. The summed E-state index contributed by atoms with van der Waals surface area (Å²) in [5.74, 6) is -0.271. The minimum Gasteiger partial charge on any atom is -0.497 e. The van der Waals surface area contributed by atoms with Gasteiger partial charge < -0.3 is 15.8 Å². The van der Waals surface area contributed by atoms with Crippen molar-refractivity contribution in [1.29, 1.82) is 0 Å². The molecule has 0 fully saturated rings. The van der Waals surface area contributed by atoms with Crippen LogP contribution in [0.2, 0.25) is 0 Å². The minimum atomic E-state index is -4.50. The van der Waals surface area contributed by atoms with Gasteiger partial charge in [-0.2, -0.15) is 13.2 Å². The zero-order valence-electron chi connectivity index (χ0n) is 11.7. The highest BCUT2D eigenvalue weighted by Crippen LogP contribution is 2.34. The van der Waals surface area contributed by atoms with Crippen molar-refractivity contribution in [2.45, 2.75) is 32.1 Å². The standard InChI is InChI=1S/C13H17F3N2O2.ClH/c1-8(17)5-12(19)18-7-9-3-4-10(20-2)6-11(9)13(14,15)16;/h3-4,6,8H,5,7,17H2,1-2H3,(H,18,19);1H. The van der Waals surface area contributed by atoms with E-state index in [4.69, 9.17) is 10.5 Å². The molecule has 1 atom stereocenters. The Labute approximate surface area is 127 Å². The molecule has 0 aliphatic heterocycles. The quantitative estimate of drug-likeness (QED) is 0.873. The summed E-state index contributed by atoms with van der Waals surface area (Å²) in [6.45, 7) is 1.44. The Balaban J connectivity index is 0.00000400. The van der Waals surface area contributed by atoms with Gasteiger partial charge in [-0.1, -0.05) is 6.07 Å². The van der Waals surface area contributed by atoms with Crippen molar-refractivity contribution in [3.8, 4) is 5.75 Å². The minimum absolute atomic E-state index is 0. The number of nitrogens with one attached hydrogen (secondary N) is 1. The zero-order valence-corrected chi connectivity index (χ0v) is 12.5. The molecule has 4 nitrogen and oxygen atoms in total. The molecule has 3 N–H and O–H groups in total. The molecule has 120 valence electrons. The van der Waals surface area contributed by atoms with Gasteiger partial charge in [0.1, 0.15) is 5.75 Å². The summed E-state index contributed by atoms with van der Waals surface area (Å²) in [7, 11) is 1.29.